The maximum absolute atomic E-state index is 11.1. The van der Waals surface area contributed by atoms with Crippen molar-refractivity contribution >= 4 is 0 Å². The van der Waals surface area contributed by atoms with Gasteiger partial charge in [0.2, 0.25) is 0 Å². The number of H-pyrrole nitrogens is 1. The Morgan fingerprint density at radius 1 is 1.33 bits per heavy atom. The van der Waals surface area contributed by atoms with Crippen molar-refractivity contribution in [1.29, 1.82) is 0 Å². The first-order chi connectivity index (χ1) is 5.88. The lowest BCUT2D eigenvalue weighted by Gasteiger charge is -2.19. The molecule has 5 nitrogen and oxygen atoms in total. The number of tetrazole rings is 1. The molecule has 1 aliphatic carbocycles. The third kappa shape index (κ3) is 1.26. The topological polar surface area (TPSA) is 63.6 Å². The highest BCUT2D eigenvalue weighted by Crippen LogP contribution is 2.25. The first-order valence-electron chi connectivity index (χ1n) is 4.38. The van der Waals surface area contributed by atoms with E-state index in [1.54, 1.807) is 0 Å². The molecule has 1 aromatic heterocycles. The van der Waals surface area contributed by atoms with Crippen LogP contribution in [0.3, 0.4) is 0 Å². The summed E-state index contributed by atoms with van der Waals surface area (Å²) in [5.41, 5.74) is -0.179. The van der Waals surface area contributed by atoms with Gasteiger partial charge in [0.15, 0.2) is 0 Å². The highest BCUT2D eigenvalue weighted by atomic mass is 16.2. The Balaban J connectivity index is 2.18. The monoisotopic (exact) mass is 168 g/mol. The van der Waals surface area contributed by atoms with Crippen LogP contribution in [-0.2, 0) is 0 Å². The fourth-order valence-corrected chi connectivity index (χ4v) is 1.77. The van der Waals surface area contributed by atoms with Gasteiger partial charge in [-0.3, -0.25) is 0 Å². The second-order valence-electron chi connectivity index (χ2n) is 3.24. The summed E-state index contributed by atoms with van der Waals surface area (Å²) in [5.74, 6) is 0. The Morgan fingerprint density at radius 3 is 2.67 bits per heavy atom. The summed E-state index contributed by atoms with van der Waals surface area (Å²) in [4.78, 5) is 11.1. The van der Waals surface area contributed by atoms with Crippen LogP contribution in [0.1, 0.15) is 38.1 Å². The zero-order valence-corrected chi connectivity index (χ0v) is 6.86. The standard InChI is InChI=1S/C7H12N4O/c12-7-8-9-10-11(7)6-4-2-1-3-5-6/h6H,1-5H2,(H,8,10,12). The van der Waals surface area contributed by atoms with Crippen molar-refractivity contribution in [2.24, 2.45) is 0 Å². The van der Waals surface area contributed by atoms with Crippen LogP contribution in [-0.4, -0.2) is 20.2 Å². The van der Waals surface area contributed by atoms with Crippen LogP contribution in [0.15, 0.2) is 4.79 Å². The van der Waals surface area contributed by atoms with Crippen LogP contribution in [0.5, 0.6) is 0 Å². The summed E-state index contributed by atoms with van der Waals surface area (Å²) in [7, 11) is 0. The lowest BCUT2D eigenvalue weighted by Crippen LogP contribution is -2.25. The van der Waals surface area contributed by atoms with Crippen LogP contribution < -0.4 is 5.69 Å². The number of aromatic nitrogens is 4. The Hall–Kier alpha value is -1.13. The van der Waals surface area contributed by atoms with Crippen LogP contribution in [0.25, 0.3) is 0 Å². The molecule has 1 fully saturated rings. The van der Waals surface area contributed by atoms with Gasteiger partial charge < -0.3 is 0 Å². The van der Waals surface area contributed by atoms with Crippen LogP contribution >= 0.6 is 0 Å². The van der Waals surface area contributed by atoms with Gasteiger partial charge in [0.25, 0.3) is 0 Å². The summed E-state index contributed by atoms with van der Waals surface area (Å²) in [6, 6.07) is 0.282. The Kier molecular flexibility index (Phi) is 1.93. The molecule has 1 aromatic rings. The van der Waals surface area contributed by atoms with E-state index in [2.05, 4.69) is 15.5 Å². The molecule has 0 radical (unpaired) electrons. The van der Waals surface area contributed by atoms with Crippen LogP contribution in [0.4, 0.5) is 0 Å². The summed E-state index contributed by atoms with van der Waals surface area (Å²) < 4.78 is 1.47. The minimum absolute atomic E-state index is 0.179. The predicted molar refractivity (Wildman–Crippen MR) is 42.8 cm³/mol. The van der Waals surface area contributed by atoms with Gasteiger partial charge in [-0.25, -0.2) is 9.89 Å². The minimum Gasteiger partial charge on any atom is -0.245 e. The first kappa shape index (κ1) is 7.52. The maximum Gasteiger partial charge on any atom is 0.361 e. The first-order valence-corrected chi connectivity index (χ1v) is 4.38. The molecule has 0 atom stereocenters. The molecule has 0 bridgehead atoms. The van der Waals surface area contributed by atoms with Crippen molar-refractivity contribution in [3.8, 4) is 0 Å². The van der Waals surface area contributed by atoms with Gasteiger partial charge >= 0.3 is 5.69 Å². The van der Waals surface area contributed by atoms with Gasteiger partial charge in [0.1, 0.15) is 0 Å². The molecule has 0 spiro atoms. The third-order valence-corrected chi connectivity index (χ3v) is 2.42. The average Bonchev–Trinajstić information content (AvgIpc) is 2.53. The zero-order chi connectivity index (χ0) is 8.39. The van der Waals surface area contributed by atoms with E-state index in [1.165, 1.54) is 23.9 Å². The van der Waals surface area contributed by atoms with Crippen LogP contribution in [0, 0.1) is 0 Å². The molecule has 2 rings (SSSR count). The average molecular weight is 168 g/mol. The summed E-state index contributed by atoms with van der Waals surface area (Å²) in [6.45, 7) is 0. The molecule has 0 amide bonds. The fourth-order valence-electron chi connectivity index (χ4n) is 1.77. The molecule has 1 heterocycles. The van der Waals surface area contributed by atoms with E-state index in [0.717, 1.165) is 12.8 Å². The highest BCUT2D eigenvalue weighted by Gasteiger charge is 2.17. The molecule has 5 heteroatoms. The molecular weight excluding hydrogens is 156 g/mol. The Labute approximate surface area is 69.8 Å². The molecule has 12 heavy (non-hydrogen) atoms. The normalized spacial score (nSPS) is 19.7. The van der Waals surface area contributed by atoms with Gasteiger partial charge in [-0.2, -0.15) is 4.68 Å². The van der Waals surface area contributed by atoms with Crippen molar-refractivity contribution in [3.05, 3.63) is 10.5 Å². The number of nitrogens with zero attached hydrogens (tertiary/aromatic N) is 3. The van der Waals surface area contributed by atoms with E-state index >= 15 is 0 Å². The molecule has 1 aliphatic rings. The van der Waals surface area contributed by atoms with E-state index in [0.29, 0.717) is 0 Å². The fraction of sp³-hybridized carbons (Fsp3) is 0.857. The van der Waals surface area contributed by atoms with Crippen molar-refractivity contribution in [2.45, 2.75) is 38.1 Å². The van der Waals surface area contributed by atoms with Gasteiger partial charge in [-0.05, 0) is 23.3 Å². The van der Waals surface area contributed by atoms with Gasteiger partial charge in [-0.15, -0.1) is 0 Å². The predicted octanol–water partition coefficient (Wildman–Crippen LogP) is 0.472. The van der Waals surface area contributed by atoms with Crippen molar-refractivity contribution in [2.75, 3.05) is 0 Å². The molecule has 0 aliphatic heterocycles. The van der Waals surface area contributed by atoms with E-state index < -0.39 is 0 Å². The smallest absolute Gasteiger partial charge is 0.245 e. The van der Waals surface area contributed by atoms with E-state index in [-0.39, 0.29) is 11.7 Å². The number of rotatable bonds is 1. The quantitative estimate of drug-likeness (QED) is 0.663. The largest absolute Gasteiger partial charge is 0.361 e. The molecule has 1 N–H and O–H groups in total. The van der Waals surface area contributed by atoms with Gasteiger partial charge in [0.05, 0.1) is 6.04 Å². The van der Waals surface area contributed by atoms with E-state index in [9.17, 15) is 4.79 Å². The third-order valence-electron chi connectivity index (χ3n) is 2.42. The second kappa shape index (κ2) is 3.08. The molecule has 66 valence electrons. The summed E-state index contributed by atoms with van der Waals surface area (Å²) in [5, 5.41) is 9.52. The van der Waals surface area contributed by atoms with Gasteiger partial charge in [0, 0.05) is 0 Å². The van der Waals surface area contributed by atoms with Crippen molar-refractivity contribution in [3.63, 3.8) is 0 Å². The number of hydrogen-bond donors (Lipinski definition) is 1. The maximum atomic E-state index is 11.1. The summed E-state index contributed by atoms with van der Waals surface area (Å²) in [6.07, 6.45) is 5.80. The Morgan fingerprint density at radius 2 is 2.08 bits per heavy atom. The molecule has 1 saturated carbocycles. The van der Waals surface area contributed by atoms with Crippen molar-refractivity contribution < 1.29 is 0 Å². The molecule has 0 saturated heterocycles. The minimum atomic E-state index is -0.179. The highest BCUT2D eigenvalue weighted by molar-refractivity contribution is 4.71. The number of nitrogens with one attached hydrogen (secondary N) is 1. The SMILES string of the molecule is O=c1[nH]nnn1C1CCCCC1. The number of hydrogen-bond acceptors (Lipinski definition) is 3. The van der Waals surface area contributed by atoms with Crippen LogP contribution in [0.2, 0.25) is 0 Å². The molecule has 0 aromatic carbocycles. The summed E-state index contributed by atoms with van der Waals surface area (Å²) >= 11 is 0. The van der Waals surface area contributed by atoms with Crippen molar-refractivity contribution in [1.82, 2.24) is 20.2 Å². The zero-order valence-electron chi connectivity index (χ0n) is 6.86. The lowest BCUT2D eigenvalue weighted by molar-refractivity contribution is 0.318. The lowest BCUT2D eigenvalue weighted by atomic mass is 9.96. The van der Waals surface area contributed by atoms with E-state index in [4.69, 9.17) is 0 Å². The molecular formula is C7H12N4O. The van der Waals surface area contributed by atoms with Gasteiger partial charge in [-0.1, -0.05) is 19.3 Å². The van der Waals surface area contributed by atoms with E-state index in [1.807, 2.05) is 0 Å². The number of aromatic amines is 1. The molecule has 0 unspecified atom stereocenters. The second-order valence-corrected chi connectivity index (χ2v) is 3.24. The Bertz CT molecular complexity index is 296.